The van der Waals surface area contributed by atoms with Crippen LogP contribution in [-0.2, 0) is 11.3 Å². The van der Waals surface area contributed by atoms with Crippen LogP contribution in [0.1, 0.15) is 23.0 Å². The summed E-state index contributed by atoms with van der Waals surface area (Å²) < 4.78 is 11.0. The molecule has 1 N–H and O–H groups in total. The Hall–Kier alpha value is -2.56. The van der Waals surface area contributed by atoms with Gasteiger partial charge in [-0.1, -0.05) is 0 Å². The van der Waals surface area contributed by atoms with Gasteiger partial charge in [-0.3, -0.25) is 9.80 Å². The molecular weight excluding hydrogens is 322 g/mol. The van der Waals surface area contributed by atoms with Gasteiger partial charge in [0.1, 0.15) is 22.7 Å². The molecule has 0 aliphatic carbocycles. The summed E-state index contributed by atoms with van der Waals surface area (Å²) in [6.07, 6.45) is 0. The number of phenols is 1. The van der Waals surface area contributed by atoms with E-state index in [0.717, 1.165) is 26.2 Å². The molecule has 2 aromatic rings. The van der Waals surface area contributed by atoms with Crippen LogP contribution in [0.15, 0.2) is 22.6 Å². The van der Waals surface area contributed by atoms with Crippen molar-refractivity contribution < 1.29 is 19.1 Å². The van der Waals surface area contributed by atoms with Crippen LogP contribution in [0.2, 0.25) is 0 Å². The third-order valence-electron chi connectivity index (χ3n) is 4.35. The number of aromatic hydroxyl groups is 1. The van der Waals surface area contributed by atoms with Gasteiger partial charge in [-0.15, -0.1) is 0 Å². The third-order valence-corrected chi connectivity index (χ3v) is 4.35. The van der Waals surface area contributed by atoms with Crippen molar-refractivity contribution in [2.24, 2.45) is 0 Å². The van der Waals surface area contributed by atoms with Crippen molar-refractivity contribution in [1.29, 1.82) is 5.26 Å². The fourth-order valence-corrected chi connectivity index (χ4v) is 3.08. The molecule has 0 amide bonds. The predicted molar refractivity (Wildman–Crippen MR) is 91.2 cm³/mol. The first-order valence-electron chi connectivity index (χ1n) is 8.35. The van der Waals surface area contributed by atoms with E-state index in [1.54, 1.807) is 13.0 Å². The minimum absolute atomic E-state index is 0.0792. The third kappa shape index (κ3) is 3.76. The lowest BCUT2D eigenvalue weighted by molar-refractivity contribution is 0.0522. The van der Waals surface area contributed by atoms with Crippen molar-refractivity contribution in [1.82, 2.24) is 9.80 Å². The summed E-state index contributed by atoms with van der Waals surface area (Å²) in [6.45, 7) is 6.17. The monoisotopic (exact) mass is 343 g/mol. The summed E-state index contributed by atoms with van der Waals surface area (Å²) in [4.78, 5) is 16.7. The molecule has 1 aliphatic heterocycles. The number of esters is 1. The zero-order valence-electron chi connectivity index (χ0n) is 14.2. The number of furan rings is 1. The van der Waals surface area contributed by atoms with Gasteiger partial charge >= 0.3 is 5.97 Å². The maximum atomic E-state index is 12.4. The Bertz CT molecular complexity index is 800. The molecule has 1 aromatic carbocycles. The van der Waals surface area contributed by atoms with Gasteiger partial charge in [0, 0.05) is 31.6 Å². The fourth-order valence-electron chi connectivity index (χ4n) is 3.08. The fraction of sp³-hybridized carbons (Fsp3) is 0.444. The average molecular weight is 343 g/mol. The van der Waals surface area contributed by atoms with E-state index in [4.69, 9.17) is 14.4 Å². The van der Waals surface area contributed by atoms with E-state index in [1.807, 2.05) is 0 Å². The van der Waals surface area contributed by atoms with Crippen molar-refractivity contribution >= 4 is 16.9 Å². The Morgan fingerprint density at radius 3 is 2.72 bits per heavy atom. The highest BCUT2D eigenvalue weighted by molar-refractivity contribution is 6.04. The summed E-state index contributed by atoms with van der Waals surface area (Å²) in [5.74, 6) is 0.188. The molecule has 0 radical (unpaired) electrons. The Morgan fingerprint density at radius 1 is 1.32 bits per heavy atom. The van der Waals surface area contributed by atoms with Crippen LogP contribution < -0.4 is 0 Å². The van der Waals surface area contributed by atoms with Gasteiger partial charge in [-0.05, 0) is 25.1 Å². The molecule has 1 aliphatic rings. The van der Waals surface area contributed by atoms with E-state index < -0.39 is 5.97 Å². The van der Waals surface area contributed by atoms with Gasteiger partial charge in [-0.25, -0.2) is 4.79 Å². The summed E-state index contributed by atoms with van der Waals surface area (Å²) in [5, 5.41) is 19.1. The number of phenolic OH excluding ortho intramolecular Hbond substituents is 1. The van der Waals surface area contributed by atoms with E-state index in [0.29, 0.717) is 35.4 Å². The van der Waals surface area contributed by atoms with E-state index in [9.17, 15) is 9.90 Å². The lowest BCUT2D eigenvalue weighted by atomic mass is 10.1. The number of fused-ring (bicyclic) bond motifs is 1. The minimum Gasteiger partial charge on any atom is -0.508 e. The number of ether oxygens (including phenoxy) is 1. The zero-order valence-corrected chi connectivity index (χ0v) is 14.2. The first-order valence-corrected chi connectivity index (χ1v) is 8.35. The zero-order chi connectivity index (χ0) is 17.8. The van der Waals surface area contributed by atoms with Gasteiger partial charge in [0.2, 0.25) is 0 Å². The molecule has 0 atom stereocenters. The van der Waals surface area contributed by atoms with E-state index in [-0.39, 0.29) is 12.4 Å². The van der Waals surface area contributed by atoms with Crippen LogP contribution in [0.4, 0.5) is 0 Å². The number of rotatable bonds is 5. The summed E-state index contributed by atoms with van der Waals surface area (Å²) in [5.41, 5.74) is 0.936. The van der Waals surface area contributed by atoms with Crippen LogP contribution in [0.3, 0.4) is 0 Å². The van der Waals surface area contributed by atoms with Crippen molar-refractivity contribution in [3.63, 3.8) is 0 Å². The predicted octanol–water partition coefficient (Wildman–Crippen LogP) is 1.96. The van der Waals surface area contributed by atoms with Gasteiger partial charge in [0.25, 0.3) is 0 Å². The maximum absolute atomic E-state index is 12.4. The van der Waals surface area contributed by atoms with Crippen molar-refractivity contribution in [3.8, 4) is 11.8 Å². The molecule has 0 spiro atoms. The molecule has 0 unspecified atom stereocenters. The Kier molecular flexibility index (Phi) is 5.22. The van der Waals surface area contributed by atoms with E-state index in [2.05, 4.69) is 15.9 Å². The summed E-state index contributed by atoms with van der Waals surface area (Å²) in [6, 6.07) is 6.88. The van der Waals surface area contributed by atoms with Crippen LogP contribution >= 0.6 is 0 Å². The molecule has 132 valence electrons. The number of benzene rings is 1. The highest BCUT2D eigenvalue weighted by atomic mass is 16.5. The smallest absolute Gasteiger partial charge is 0.342 e. The number of hydrogen-bond donors (Lipinski definition) is 1. The number of carbonyl (C=O) groups is 1. The topological polar surface area (TPSA) is 89.9 Å². The van der Waals surface area contributed by atoms with Crippen molar-refractivity contribution in [2.75, 3.05) is 39.3 Å². The first kappa shape index (κ1) is 17.3. The van der Waals surface area contributed by atoms with Crippen LogP contribution in [0.25, 0.3) is 11.0 Å². The summed E-state index contributed by atoms with van der Waals surface area (Å²) in [7, 11) is 0. The quantitative estimate of drug-likeness (QED) is 0.655. The number of piperazine rings is 1. The Balaban J connectivity index is 1.84. The number of carbonyl (C=O) groups excluding carboxylic acids is 1. The molecule has 3 rings (SSSR count). The SMILES string of the molecule is CCOC(=O)c1c(CN2CCN(CC#N)CC2)oc2ccc(O)cc12. The molecule has 25 heavy (non-hydrogen) atoms. The average Bonchev–Trinajstić information content (AvgIpc) is 2.94. The molecule has 7 nitrogen and oxygen atoms in total. The molecule has 7 heteroatoms. The highest BCUT2D eigenvalue weighted by Crippen LogP contribution is 2.30. The number of nitrogens with zero attached hydrogens (tertiary/aromatic N) is 3. The highest BCUT2D eigenvalue weighted by Gasteiger charge is 2.25. The van der Waals surface area contributed by atoms with Crippen molar-refractivity contribution in [2.45, 2.75) is 13.5 Å². The molecule has 1 saturated heterocycles. The van der Waals surface area contributed by atoms with Crippen LogP contribution in [0, 0.1) is 11.3 Å². The van der Waals surface area contributed by atoms with Gasteiger partial charge < -0.3 is 14.3 Å². The van der Waals surface area contributed by atoms with Crippen LogP contribution in [0.5, 0.6) is 5.75 Å². The molecule has 1 aromatic heterocycles. The van der Waals surface area contributed by atoms with Crippen LogP contribution in [-0.4, -0.2) is 60.2 Å². The number of nitriles is 1. The van der Waals surface area contributed by atoms with E-state index in [1.165, 1.54) is 12.1 Å². The Morgan fingerprint density at radius 2 is 2.04 bits per heavy atom. The lowest BCUT2D eigenvalue weighted by Crippen LogP contribution is -2.45. The normalized spacial score (nSPS) is 16.0. The first-order chi connectivity index (χ1) is 12.1. The maximum Gasteiger partial charge on any atom is 0.342 e. The Labute approximate surface area is 146 Å². The molecular formula is C18H21N3O4. The summed E-state index contributed by atoms with van der Waals surface area (Å²) >= 11 is 0. The molecule has 0 bridgehead atoms. The second kappa shape index (κ2) is 7.55. The molecule has 0 saturated carbocycles. The second-order valence-corrected chi connectivity index (χ2v) is 6.01. The largest absolute Gasteiger partial charge is 0.508 e. The lowest BCUT2D eigenvalue weighted by Gasteiger charge is -2.32. The number of hydrogen-bond acceptors (Lipinski definition) is 7. The van der Waals surface area contributed by atoms with Crippen molar-refractivity contribution in [3.05, 3.63) is 29.5 Å². The molecule has 1 fully saturated rings. The molecule has 2 heterocycles. The minimum atomic E-state index is -0.440. The standard InChI is InChI=1S/C18H21N3O4/c1-2-24-18(23)17-14-11-13(22)3-4-15(14)25-16(17)12-21-9-7-20(6-5-19)8-10-21/h3-4,11,22H,2,6-10,12H2,1H3. The van der Waals surface area contributed by atoms with Gasteiger partial charge in [0.15, 0.2) is 0 Å². The van der Waals surface area contributed by atoms with E-state index >= 15 is 0 Å². The van der Waals surface area contributed by atoms with Gasteiger partial charge in [-0.2, -0.15) is 5.26 Å². The van der Waals surface area contributed by atoms with Gasteiger partial charge in [0.05, 0.1) is 25.8 Å². The second-order valence-electron chi connectivity index (χ2n) is 6.01.